The average molecular weight is 172 g/mol. The van der Waals surface area contributed by atoms with Crippen molar-refractivity contribution in [1.82, 2.24) is 0 Å². The van der Waals surface area contributed by atoms with E-state index < -0.39 is 9.84 Å². The van der Waals surface area contributed by atoms with Gasteiger partial charge in [-0.05, 0) is 25.2 Å². The summed E-state index contributed by atoms with van der Waals surface area (Å²) in [5, 5.41) is -0.0347. The van der Waals surface area contributed by atoms with Crippen LogP contribution in [0.5, 0.6) is 0 Å². The molecule has 0 radical (unpaired) electrons. The lowest BCUT2D eigenvalue weighted by Crippen LogP contribution is -2.23. The fraction of sp³-hybridized carbons (Fsp3) is 0.750. The molecule has 0 amide bonds. The van der Waals surface area contributed by atoms with Crippen molar-refractivity contribution in [3.63, 3.8) is 0 Å². The topological polar surface area (TPSA) is 34.1 Å². The van der Waals surface area contributed by atoms with Crippen molar-refractivity contribution in [3.8, 4) is 0 Å². The number of rotatable bonds is 0. The van der Waals surface area contributed by atoms with Crippen molar-refractivity contribution in [2.24, 2.45) is 5.92 Å². The van der Waals surface area contributed by atoms with Crippen LogP contribution < -0.4 is 0 Å². The van der Waals surface area contributed by atoms with E-state index in [1.807, 2.05) is 6.08 Å². The Bertz CT molecular complexity index is 276. The van der Waals surface area contributed by atoms with Crippen LogP contribution in [0.15, 0.2) is 12.2 Å². The Morgan fingerprint density at radius 1 is 1.18 bits per heavy atom. The van der Waals surface area contributed by atoms with Crippen molar-refractivity contribution in [2.45, 2.75) is 24.5 Å². The predicted octanol–water partition coefficient (Wildman–Crippen LogP) is 1.14. The van der Waals surface area contributed by atoms with Crippen LogP contribution >= 0.6 is 0 Å². The van der Waals surface area contributed by atoms with Gasteiger partial charge in [0, 0.05) is 0 Å². The van der Waals surface area contributed by atoms with Gasteiger partial charge in [-0.2, -0.15) is 0 Å². The van der Waals surface area contributed by atoms with Gasteiger partial charge in [0.25, 0.3) is 0 Å². The molecule has 3 heteroatoms. The van der Waals surface area contributed by atoms with Crippen LogP contribution in [0.2, 0.25) is 0 Å². The van der Waals surface area contributed by atoms with Crippen LogP contribution in [-0.2, 0) is 9.84 Å². The Morgan fingerprint density at radius 3 is 2.64 bits per heavy atom. The SMILES string of the molecule is O=S1(=O)CC[C@@H]2CC=CC[C@H]21. The number of sulfone groups is 1. The third-order valence-corrected chi connectivity index (χ3v) is 5.04. The molecule has 1 saturated heterocycles. The summed E-state index contributed by atoms with van der Waals surface area (Å²) >= 11 is 0. The molecule has 1 heterocycles. The van der Waals surface area contributed by atoms with E-state index in [2.05, 4.69) is 6.08 Å². The molecular weight excluding hydrogens is 160 g/mol. The minimum Gasteiger partial charge on any atom is -0.229 e. The van der Waals surface area contributed by atoms with E-state index in [0.29, 0.717) is 11.7 Å². The van der Waals surface area contributed by atoms with Crippen LogP contribution in [-0.4, -0.2) is 19.4 Å². The zero-order valence-corrected chi connectivity index (χ0v) is 7.18. The molecule has 0 N–H and O–H groups in total. The minimum atomic E-state index is -2.70. The van der Waals surface area contributed by atoms with Gasteiger partial charge in [-0.15, -0.1) is 0 Å². The second kappa shape index (κ2) is 2.34. The number of hydrogen-bond donors (Lipinski definition) is 0. The molecule has 0 aromatic rings. The second-order valence-corrected chi connectivity index (χ2v) is 5.74. The van der Waals surface area contributed by atoms with E-state index in [1.54, 1.807) is 0 Å². The molecule has 0 spiro atoms. The van der Waals surface area contributed by atoms with E-state index in [4.69, 9.17) is 0 Å². The molecule has 2 nitrogen and oxygen atoms in total. The van der Waals surface area contributed by atoms with Gasteiger partial charge in [-0.3, -0.25) is 0 Å². The van der Waals surface area contributed by atoms with Crippen LogP contribution in [0.1, 0.15) is 19.3 Å². The Hall–Kier alpha value is -0.310. The largest absolute Gasteiger partial charge is 0.229 e. The van der Waals surface area contributed by atoms with Crippen molar-refractivity contribution in [2.75, 3.05) is 5.75 Å². The first-order chi connectivity index (χ1) is 5.20. The maximum absolute atomic E-state index is 11.4. The molecule has 2 aliphatic rings. The molecule has 0 aromatic heterocycles. The number of hydrogen-bond acceptors (Lipinski definition) is 2. The normalized spacial score (nSPS) is 40.4. The molecule has 0 aromatic carbocycles. The summed E-state index contributed by atoms with van der Waals surface area (Å²) in [6.45, 7) is 0. The fourth-order valence-corrected chi connectivity index (χ4v) is 4.23. The summed E-state index contributed by atoms with van der Waals surface area (Å²) < 4.78 is 22.7. The molecule has 0 bridgehead atoms. The van der Waals surface area contributed by atoms with Gasteiger partial charge in [-0.25, -0.2) is 8.42 Å². The van der Waals surface area contributed by atoms with E-state index in [-0.39, 0.29) is 5.25 Å². The Balaban J connectivity index is 2.32. The summed E-state index contributed by atoms with van der Waals surface area (Å²) in [5.74, 6) is 0.856. The zero-order valence-electron chi connectivity index (χ0n) is 6.36. The predicted molar refractivity (Wildman–Crippen MR) is 44.1 cm³/mol. The summed E-state index contributed by atoms with van der Waals surface area (Å²) in [5.41, 5.74) is 0. The fourth-order valence-electron chi connectivity index (χ4n) is 2.06. The molecule has 0 unspecified atom stereocenters. The first kappa shape index (κ1) is 7.35. The lowest BCUT2D eigenvalue weighted by molar-refractivity contribution is 0.492. The van der Waals surface area contributed by atoms with Gasteiger partial charge in [0.1, 0.15) is 0 Å². The standard InChI is InChI=1S/C8H12O2S/c9-11(10)6-5-7-3-1-2-4-8(7)11/h1-2,7-8H,3-6H2/t7-,8+/m0/s1. The molecule has 11 heavy (non-hydrogen) atoms. The highest BCUT2D eigenvalue weighted by Gasteiger charge is 2.39. The Morgan fingerprint density at radius 2 is 1.91 bits per heavy atom. The van der Waals surface area contributed by atoms with Gasteiger partial charge in [0.05, 0.1) is 11.0 Å². The van der Waals surface area contributed by atoms with Crippen LogP contribution in [0, 0.1) is 5.92 Å². The molecule has 2 atom stereocenters. The zero-order chi connectivity index (χ0) is 7.90. The van der Waals surface area contributed by atoms with E-state index >= 15 is 0 Å². The smallest absolute Gasteiger partial charge is 0.153 e. The highest BCUT2D eigenvalue weighted by atomic mass is 32.2. The Kier molecular flexibility index (Phi) is 1.56. The lowest BCUT2D eigenvalue weighted by Gasteiger charge is -2.18. The minimum absolute atomic E-state index is 0.0347. The van der Waals surface area contributed by atoms with Crippen molar-refractivity contribution < 1.29 is 8.42 Å². The van der Waals surface area contributed by atoms with E-state index in [9.17, 15) is 8.42 Å². The molecule has 1 aliphatic heterocycles. The quantitative estimate of drug-likeness (QED) is 0.513. The monoisotopic (exact) mass is 172 g/mol. The van der Waals surface area contributed by atoms with Crippen molar-refractivity contribution in [1.29, 1.82) is 0 Å². The van der Waals surface area contributed by atoms with Crippen LogP contribution in [0.3, 0.4) is 0 Å². The average Bonchev–Trinajstić information content (AvgIpc) is 2.29. The van der Waals surface area contributed by atoms with Gasteiger partial charge < -0.3 is 0 Å². The summed E-state index contributed by atoms with van der Waals surface area (Å²) in [6.07, 6.45) is 6.74. The van der Waals surface area contributed by atoms with Gasteiger partial charge in [0.15, 0.2) is 9.84 Å². The van der Waals surface area contributed by atoms with Crippen molar-refractivity contribution in [3.05, 3.63) is 12.2 Å². The molecule has 1 aliphatic carbocycles. The van der Waals surface area contributed by atoms with Crippen molar-refractivity contribution >= 4 is 9.84 Å². The maximum Gasteiger partial charge on any atom is 0.153 e. The highest BCUT2D eigenvalue weighted by molar-refractivity contribution is 7.92. The third kappa shape index (κ3) is 1.11. The number of allylic oxidation sites excluding steroid dienone is 2. The molecular formula is C8H12O2S. The first-order valence-corrected chi connectivity index (χ1v) is 5.78. The van der Waals surface area contributed by atoms with E-state index in [1.165, 1.54) is 0 Å². The molecule has 62 valence electrons. The third-order valence-electron chi connectivity index (χ3n) is 2.73. The highest BCUT2D eigenvalue weighted by Crippen LogP contribution is 2.34. The van der Waals surface area contributed by atoms with Gasteiger partial charge >= 0.3 is 0 Å². The van der Waals surface area contributed by atoms with Crippen LogP contribution in [0.25, 0.3) is 0 Å². The lowest BCUT2D eigenvalue weighted by atomic mass is 9.92. The van der Waals surface area contributed by atoms with Gasteiger partial charge in [0.2, 0.25) is 0 Å². The summed E-state index contributed by atoms with van der Waals surface area (Å²) in [7, 11) is -2.70. The van der Waals surface area contributed by atoms with E-state index in [0.717, 1.165) is 19.3 Å². The Labute approximate surface area is 67.2 Å². The van der Waals surface area contributed by atoms with Gasteiger partial charge in [-0.1, -0.05) is 12.2 Å². The summed E-state index contributed by atoms with van der Waals surface area (Å²) in [4.78, 5) is 0. The molecule has 1 fully saturated rings. The summed E-state index contributed by atoms with van der Waals surface area (Å²) in [6, 6.07) is 0. The molecule has 0 saturated carbocycles. The molecule has 2 rings (SSSR count). The second-order valence-electron chi connectivity index (χ2n) is 3.40. The van der Waals surface area contributed by atoms with Crippen LogP contribution in [0.4, 0.5) is 0 Å². The maximum atomic E-state index is 11.4. The number of fused-ring (bicyclic) bond motifs is 1. The first-order valence-electron chi connectivity index (χ1n) is 4.07.